The summed E-state index contributed by atoms with van der Waals surface area (Å²) in [5.74, 6) is 0.282. The zero-order valence-electron chi connectivity index (χ0n) is 16.7. The topological polar surface area (TPSA) is 71.6 Å². The fraction of sp³-hybridized carbons (Fsp3) is 0.304. The maximum Gasteiger partial charge on any atom is 0.337 e. The van der Waals surface area contributed by atoms with Crippen LogP contribution in [0.1, 0.15) is 34.1 Å². The molecule has 3 aromatic rings. The van der Waals surface area contributed by atoms with Gasteiger partial charge in [-0.15, -0.1) is 0 Å². The highest BCUT2D eigenvalue weighted by Crippen LogP contribution is 2.29. The monoisotopic (exact) mass is 392 g/mol. The molecule has 1 aliphatic heterocycles. The molecule has 6 heteroatoms. The zero-order valence-corrected chi connectivity index (χ0v) is 16.7. The molecule has 1 amide bonds. The first-order valence-corrected chi connectivity index (χ1v) is 9.80. The highest BCUT2D eigenvalue weighted by atomic mass is 16.5. The summed E-state index contributed by atoms with van der Waals surface area (Å²) in [6.45, 7) is 3.25. The normalized spacial score (nSPS) is 13.2. The highest BCUT2D eigenvalue weighted by Gasteiger charge is 2.25. The number of benzene rings is 2. The van der Waals surface area contributed by atoms with E-state index >= 15 is 0 Å². The first-order valence-electron chi connectivity index (χ1n) is 9.80. The van der Waals surface area contributed by atoms with E-state index in [0.29, 0.717) is 24.4 Å². The third-order valence-electron chi connectivity index (χ3n) is 5.44. The van der Waals surface area contributed by atoms with Gasteiger partial charge in [0.2, 0.25) is 0 Å². The lowest BCUT2D eigenvalue weighted by Crippen LogP contribution is -2.38. The summed E-state index contributed by atoms with van der Waals surface area (Å²) >= 11 is 0. The molecule has 0 fully saturated rings. The van der Waals surface area contributed by atoms with Gasteiger partial charge in [0, 0.05) is 41.7 Å². The van der Waals surface area contributed by atoms with E-state index in [9.17, 15) is 9.59 Å². The molecule has 0 saturated carbocycles. The number of ether oxygens (including phenoxy) is 2. The standard InChI is InChI=1S/C23H24N2O4/c1-3-15-4-7-17(8-5-15)29-14-22(26)25-11-10-21-19(13-25)18-12-16(23(27)28-2)6-9-20(18)24-21/h4-9,12,24H,3,10-11,13-14H2,1-2H3. The molecule has 6 nitrogen and oxygen atoms in total. The molecule has 0 bridgehead atoms. The summed E-state index contributed by atoms with van der Waals surface area (Å²) in [6, 6.07) is 13.3. The Morgan fingerprint density at radius 2 is 1.93 bits per heavy atom. The van der Waals surface area contributed by atoms with Crippen LogP contribution >= 0.6 is 0 Å². The van der Waals surface area contributed by atoms with Gasteiger partial charge in [-0.2, -0.15) is 0 Å². The van der Waals surface area contributed by atoms with Gasteiger partial charge >= 0.3 is 5.97 Å². The molecule has 2 aromatic carbocycles. The van der Waals surface area contributed by atoms with Crippen LogP contribution in [0.15, 0.2) is 42.5 Å². The molecule has 1 aromatic heterocycles. The number of H-pyrrole nitrogens is 1. The lowest BCUT2D eigenvalue weighted by Gasteiger charge is -2.27. The lowest BCUT2D eigenvalue weighted by atomic mass is 10.0. The fourth-order valence-electron chi connectivity index (χ4n) is 3.73. The van der Waals surface area contributed by atoms with Gasteiger partial charge in [0.25, 0.3) is 5.91 Å². The minimum Gasteiger partial charge on any atom is -0.484 e. The Hall–Kier alpha value is -3.28. The van der Waals surface area contributed by atoms with Gasteiger partial charge in [-0.1, -0.05) is 19.1 Å². The molecule has 150 valence electrons. The van der Waals surface area contributed by atoms with Crippen molar-refractivity contribution < 1.29 is 19.1 Å². The van der Waals surface area contributed by atoms with E-state index in [2.05, 4.69) is 11.9 Å². The van der Waals surface area contributed by atoms with Crippen molar-refractivity contribution in [2.45, 2.75) is 26.3 Å². The van der Waals surface area contributed by atoms with Gasteiger partial charge in [-0.05, 0) is 42.3 Å². The molecule has 1 aliphatic rings. The van der Waals surface area contributed by atoms with Gasteiger partial charge < -0.3 is 19.4 Å². The average Bonchev–Trinajstić information content (AvgIpc) is 3.14. The molecular formula is C23H24N2O4. The van der Waals surface area contributed by atoms with E-state index in [4.69, 9.17) is 9.47 Å². The van der Waals surface area contributed by atoms with Crippen molar-refractivity contribution in [3.63, 3.8) is 0 Å². The zero-order chi connectivity index (χ0) is 20.4. The van der Waals surface area contributed by atoms with Crippen molar-refractivity contribution in [3.05, 3.63) is 64.8 Å². The number of nitrogens with one attached hydrogen (secondary N) is 1. The van der Waals surface area contributed by atoms with Crippen LogP contribution in [-0.4, -0.2) is 42.0 Å². The predicted octanol–water partition coefficient (Wildman–Crippen LogP) is 3.48. The number of fused-ring (bicyclic) bond motifs is 3. The van der Waals surface area contributed by atoms with E-state index in [1.54, 1.807) is 11.0 Å². The van der Waals surface area contributed by atoms with Crippen LogP contribution in [0.25, 0.3) is 10.9 Å². The van der Waals surface area contributed by atoms with Gasteiger partial charge in [0.05, 0.1) is 12.7 Å². The molecule has 4 rings (SSSR count). The van der Waals surface area contributed by atoms with Crippen molar-refractivity contribution in [2.24, 2.45) is 0 Å². The smallest absolute Gasteiger partial charge is 0.337 e. The Morgan fingerprint density at radius 3 is 2.66 bits per heavy atom. The number of esters is 1. The molecular weight excluding hydrogens is 368 g/mol. The molecule has 0 atom stereocenters. The second-order valence-electron chi connectivity index (χ2n) is 7.19. The quantitative estimate of drug-likeness (QED) is 0.675. The number of aromatic nitrogens is 1. The Bertz CT molecular complexity index is 1050. The SMILES string of the molecule is CCc1ccc(OCC(=O)N2CCc3[nH]c4ccc(C(=O)OC)cc4c3C2)cc1. The number of aromatic amines is 1. The molecule has 1 N–H and O–H groups in total. The van der Waals surface area contributed by atoms with Crippen LogP contribution in [0.5, 0.6) is 5.75 Å². The lowest BCUT2D eigenvalue weighted by molar-refractivity contribution is -0.134. The summed E-state index contributed by atoms with van der Waals surface area (Å²) < 4.78 is 10.5. The van der Waals surface area contributed by atoms with Gasteiger partial charge in [0.15, 0.2) is 6.61 Å². The van der Waals surface area contributed by atoms with E-state index < -0.39 is 0 Å². The second kappa shape index (κ2) is 7.99. The third-order valence-corrected chi connectivity index (χ3v) is 5.44. The molecule has 0 saturated heterocycles. The Labute approximate surface area is 169 Å². The van der Waals surface area contributed by atoms with Crippen LogP contribution in [0, 0.1) is 0 Å². The number of rotatable bonds is 5. The van der Waals surface area contributed by atoms with E-state index in [-0.39, 0.29) is 18.5 Å². The van der Waals surface area contributed by atoms with Crippen molar-refractivity contribution in [1.29, 1.82) is 0 Å². The Kier molecular flexibility index (Phi) is 5.25. The third kappa shape index (κ3) is 3.83. The maximum atomic E-state index is 12.7. The summed E-state index contributed by atoms with van der Waals surface area (Å²) in [5.41, 5.74) is 4.87. The van der Waals surface area contributed by atoms with Crippen LogP contribution in [-0.2, 0) is 28.9 Å². The van der Waals surface area contributed by atoms with E-state index in [1.165, 1.54) is 12.7 Å². The Morgan fingerprint density at radius 1 is 1.14 bits per heavy atom. The first-order chi connectivity index (χ1) is 14.1. The summed E-state index contributed by atoms with van der Waals surface area (Å²) in [7, 11) is 1.37. The summed E-state index contributed by atoms with van der Waals surface area (Å²) in [5, 5.41) is 0.955. The molecule has 0 unspecified atom stereocenters. The number of carbonyl (C=O) groups is 2. The second-order valence-corrected chi connectivity index (χ2v) is 7.19. The number of carbonyl (C=O) groups excluding carboxylic acids is 2. The minimum atomic E-state index is -0.368. The molecule has 29 heavy (non-hydrogen) atoms. The van der Waals surface area contributed by atoms with Crippen LogP contribution in [0.4, 0.5) is 0 Å². The summed E-state index contributed by atoms with van der Waals surface area (Å²) in [6.07, 6.45) is 1.71. The molecule has 2 heterocycles. The van der Waals surface area contributed by atoms with Crippen LogP contribution in [0.3, 0.4) is 0 Å². The van der Waals surface area contributed by atoms with Gasteiger partial charge in [-0.3, -0.25) is 4.79 Å². The number of nitrogens with zero attached hydrogens (tertiary/aromatic N) is 1. The molecule has 0 radical (unpaired) electrons. The van der Waals surface area contributed by atoms with Crippen LogP contribution in [0.2, 0.25) is 0 Å². The number of hydrogen-bond acceptors (Lipinski definition) is 4. The summed E-state index contributed by atoms with van der Waals surface area (Å²) in [4.78, 5) is 29.8. The average molecular weight is 392 g/mol. The number of amides is 1. The molecule has 0 spiro atoms. The number of hydrogen-bond donors (Lipinski definition) is 1. The predicted molar refractivity (Wildman–Crippen MR) is 110 cm³/mol. The molecule has 0 aliphatic carbocycles. The largest absolute Gasteiger partial charge is 0.484 e. The van der Waals surface area contributed by atoms with Gasteiger partial charge in [0.1, 0.15) is 5.75 Å². The van der Waals surface area contributed by atoms with E-state index in [0.717, 1.165) is 35.0 Å². The van der Waals surface area contributed by atoms with Crippen molar-refractivity contribution in [2.75, 3.05) is 20.3 Å². The number of methoxy groups -OCH3 is 1. The Balaban J connectivity index is 1.48. The van der Waals surface area contributed by atoms with E-state index in [1.807, 2.05) is 36.4 Å². The van der Waals surface area contributed by atoms with Crippen LogP contribution < -0.4 is 4.74 Å². The number of aryl methyl sites for hydroxylation is 1. The van der Waals surface area contributed by atoms with Gasteiger partial charge in [-0.25, -0.2) is 4.79 Å². The fourth-order valence-corrected chi connectivity index (χ4v) is 3.73. The van der Waals surface area contributed by atoms with Crippen molar-refractivity contribution in [1.82, 2.24) is 9.88 Å². The highest BCUT2D eigenvalue weighted by molar-refractivity contribution is 5.96. The first kappa shape index (κ1) is 19.1. The minimum absolute atomic E-state index is 0.0105. The van der Waals surface area contributed by atoms with Crippen molar-refractivity contribution >= 4 is 22.8 Å². The van der Waals surface area contributed by atoms with Crippen molar-refractivity contribution in [3.8, 4) is 5.75 Å². The maximum absolute atomic E-state index is 12.7.